The largest absolute Gasteiger partial charge is 0.484 e. The van der Waals surface area contributed by atoms with Gasteiger partial charge in [-0.25, -0.2) is 28.7 Å². The highest BCUT2D eigenvalue weighted by molar-refractivity contribution is 6.31. The zero-order valence-electron chi connectivity index (χ0n) is 18.6. The Labute approximate surface area is 203 Å². The molecule has 0 saturated carbocycles. The first-order valence-corrected chi connectivity index (χ1v) is 10.9. The normalized spacial score (nSPS) is 12.0. The summed E-state index contributed by atoms with van der Waals surface area (Å²) in [5.41, 5.74) is 2.85. The molecule has 0 aliphatic rings. The number of ether oxygens (including phenoxy) is 1. The van der Waals surface area contributed by atoms with E-state index in [0.29, 0.717) is 22.3 Å². The van der Waals surface area contributed by atoms with Gasteiger partial charge < -0.3 is 10.1 Å². The van der Waals surface area contributed by atoms with E-state index < -0.39 is 22.8 Å². The van der Waals surface area contributed by atoms with Crippen molar-refractivity contribution in [1.82, 2.24) is 29.7 Å². The van der Waals surface area contributed by atoms with E-state index in [1.165, 1.54) is 18.7 Å². The molecule has 0 unspecified atom stereocenters. The predicted molar refractivity (Wildman–Crippen MR) is 127 cm³/mol. The minimum Gasteiger partial charge on any atom is -0.484 e. The topological polar surface area (TPSA) is 90.6 Å². The molecule has 0 bridgehead atoms. The smallest absolute Gasteiger partial charge is 0.168 e. The summed E-state index contributed by atoms with van der Waals surface area (Å²) in [5, 5.41) is 7.03. The molecule has 0 spiro atoms. The zero-order chi connectivity index (χ0) is 24.5. The molecule has 0 aliphatic heterocycles. The third-order valence-corrected chi connectivity index (χ3v) is 5.70. The monoisotopic (exact) mass is 493 g/mol. The molecular weight excluding hydrogens is 476 g/mol. The molecule has 1 N–H and O–H groups in total. The van der Waals surface area contributed by atoms with Crippen molar-refractivity contribution >= 4 is 34.0 Å². The molecule has 35 heavy (non-hydrogen) atoms. The Morgan fingerprint density at radius 1 is 1.06 bits per heavy atom. The van der Waals surface area contributed by atoms with E-state index in [-0.39, 0.29) is 11.5 Å². The molecule has 0 radical (unpaired) electrons. The lowest BCUT2D eigenvalue weighted by Crippen LogP contribution is -2.07. The van der Waals surface area contributed by atoms with Crippen LogP contribution in [-0.4, -0.2) is 29.7 Å². The van der Waals surface area contributed by atoms with Gasteiger partial charge in [-0.2, -0.15) is 5.10 Å². The van der Waals surface area contributed by atoms with Crippen molar-refractivity contribution in [2.45, 2.75) is 13.0 Å². The van der Waals surface area contributed by atoms with E-state index in [4.69, 9.17) is 16.3 Å². The van der Waals surface area contributed by atoms with Crippen molar-refractivity contribution in [3.63, 3.8) is 0 Å². The fourth-order valence-corrected chi connectivity index (χ4v) is 3.79. The van der Waals surface area contributed by atoms with Gasteiger partial charge in [-0.1, -0.05) is 11.6 Å². The number of benzene rings is 2. The molecule has 176 valence electrons. The van der Waals surface area contributed by atoms with Crippen molar-refractivity contribution in [1.29, 1.82) is 0 Å². The van der Waals surface area contributed by atoms with Crippen LogP contribution in [0.1, 0.15) is 18.7 Å². The van der Waals surface area contributed by atoms with E-state index in [1.807, 2.05) is 32.3 Å². The maximum absolute atomic E-state index is 14.6. The van der Waals surface area contributed by atoms with Crippen molar-refractivity contribution in [3.05, 3.63) is 83.9 Å². The molecule has 11 heteroatoms. The predicted octanol–water partition coefficient (Wildman–Crippen LogP) is 5.64. The molecule has 5 aromatic rings. The van der Waals surface area contributed by atoms with Crippen LogP contribution in [0.15, 0.2) is 61.6 Å². The van der Waals surface area contributed by atoms with Crippen molar-refractivity contribution in [2.24, 2.45) is 7.05 Å². The number of nitrogens with one attached hydrogen (secondary N) is 1. The van der Waals surface area contributed by atoms with Crippen molar-refractivity contribution in [2.75, 3.05) is 5.32 Å². The lowest BCUT2D eigenvalue weighted by molar-refractivity contribution is 0.225. The molecule has 5 rings (SSSR count). The summed E-state index contributed by atoms with van der Waals surface area (Å²) in [6.07, 6.45) is 7.57. The minimum absolute atomic E-state index is 0.0393. The minimum atomic E-state index is -0.928. The summed E-state index contributed by atoms with van der Waals surface area (Å²) < 4.78 is 36.3. The molecule has 3 heterocycles. The summed E-state index contributed by atoms with van der Waals surface area (Å²) in [5.74, 6) is -1.09. The van der Waals surface area contributed by atoms with Gasteiger partial charge in [0.2, 0.25) is 0 Å². The number of aryl methyl sites for hydroxylation is 1. The van der Waals surface area contributed by atoms with Crippen LogP contribution in [-0.2, 0) is 7.05 Å². The highest BCUT2D eigenvalue weighted by Gasteiger charge is 2.19. The Kier molecular flexibility index (Phi) is 5.96. The lowest BCUT2D eigenvalue weighted by atomic mass is 10.1. The number of hydrogen-bond donors (Lipinski definition) is 1. The highest BCUT2D eigenvalue weighted by Crippen LogP contribution is 2.38. The first-order chi connectivity index (χ1) is 16.9. The molecule has 0 fully saturated rings. The Morgan fingerprint density at radius 2 is 1.91 bits per heavy atom. The molecule has 8 nitrogen and oxygen atoms in total. The number of fused-ring (bicyclic) bond motifs is 1. The SMILES string of the molecule is C[C@H](Oc1cc(-c2cnn(C)c2)cc2ncnc(Nc3ccc(F)c(Cl)c3F)c12)c1ccncn1. The van der Waals surface area contributed by atoms with Crippen molar-refractivity contribution < 1.29 is 13.5 Å². The average Bonchev–Trinajstić information content (AvgIpc) is 3.31. The first-order valence-electron chi connectivity index (χ1n) is 10.5. The molecule has 0 amide bonds. The Bertz CT molecular complexity index is 1530. The summed E-state index contributed by atoms with van der Waals surface area (Å²) >= 11 is 5.76. The van der Waals surface area contributed by atoms with Crippen LogP contribution in [0.3, 0.4) is 0 Å². The zero-order valence-corrected chi connectivity index (χ0v) is 19.3. The average molecular weight is 494 g/mol. The molecule has 2 aromatic carbocycles. The van der Waals surface area contributed by atoms with Crippen LogP contribution in [0.2, 0.25) is 5.02 Å². The third-order valence-electron chi connectivity index (χ3n) is 5.35. The van der Waals surface area contributed by atoms with E-state index >= 15 is 0 Å². The van der Waals surface area contributed by atoms with E-state index in [2.05, 4.69) is 30.4 Å². The second kappa shape index (κ2) is 9.22. The lowest BCUT2D eigenvalue weighted by Gasteiger charge is -2.18. The van der Waals surface area contributed by atoms with E-state index in [9.17, 15) is 8.78 Å². The Morgan fingerprint density at radius 3 is 2.66 bits per heavy atom. The van der Waals surface area contributed by atoms with Gasteiger partial charge in [0.1, 0.15) is 41.2 Å². The quantitative estimate of drug-likeness (QED) is 0.306. The van der Waals surface area contributed by atoms with Gasteiger partial charge in [0.25, 0.3) is 0 Å². The molecule has 0 saturated heterocycles. The summed E-state index contributed by atoms with van der Waals surface area (Å²) in [6.45, 7) is 1.85. The molecule has 1 atom stereocenters. The number of hydrogen-bond acceptors (Lipinski definition) is 7. The van der Waals surface area contributed by atoms with Gasteiger partial charge in [-0.3, -0.25) is 4.68 Å². The maximum atomic E-state index is 14.6. The van der Waals surface area contributed by atoms with E-state index in [1.54, 1.807) is 23.1 Å². The Hall–Kier alpha value is -4.18. The van der Waals surface area contributed by atoms with Crippen LogP contribution in [0, 0.1) is 11.6 Å². The van der Waals surface area contributed by atoms with Crippen molar-refractivity contribution in [3.8, 4) is 16.9 Å². The fourth-order valence-electron chi connectivity index (χ4n) is 3.62. The number of rotatable bonds is 6. The van der Waals surface area contributed by atoms with Crippen LogP contribution >= 0.6 is 11.6 Å². The third kappa shape index (κ3) is 4.47. The van der Waals surface area contributed by atoms with Crippen LogP contribution in [0.4, 0.5) is 20.3 Å². The standard InChI is InChI=1S/C24H18ClF2N7O/c1-13(17-5-6-28-11-29-17)35-20-8-14(15-9-32-34(2)10-15)7-19-21(20)24(31-12-30-19)33-18-4-3-16(26)22(25)23(18)27/h3-13H,1-2H3,(H,30,31,33)/t13-/m0/s1. The van der Waals surface area contributed by atoms with Gasteiger partial charge in [0, 0.05) is 25.0 Å². The second-order valence-corrected chi connectivity index (χ2v) is 8.11. The van der Waals surface area contributed by atoms with Gasteiger partial charge >= 0.3 is 0 Å². The summed E-state index contributed by atoms with van der Waals surface area (Å²) in [6, 6.07) is 7.77. The molecule has 3 aromatic heterocycles. The number of aromatic nitrogens is 6. The van der Waals surface area contributed by atoms with Crippen LogP contribution in [0.5, 0.6) is 5.75 Å². The van der Waals surface area contributed by atoms with E-state index in [0.717, 1.165) is 17.2 Å². The van der Waals surface area contributed by atoms with Gasteiger partial charge in [0.05, 0.1) is 28.5 Å². The maximum Gasteiger partial charge on any atom is 0.168 e. The number of anilines is 2. The highest BCUT2D eigenvalue weighted by atomic mass is 35.5. The number of halogens is 3. The van der Waals surface area contributed by atoms with Crippen LogP contribution < -0.4 is 10.1 Å². The summed E-state index contributed by atoms with van der Waals surface area (Å²) in [7, 11) is 1.83. The molecular formula is C24H18ClF2N7O. The first kappa shape index (κ1) is 22.6. The second-order valence-electron chi connectivity index (χ2n) is 7.74. The molecule has 0 aliphatic carbocycles. The van der Waals surface area contributed by atoms with Gasteiger partial charge in [-0.05, 0) is 42.8 Å². The number of nitrogens with zero attached hydrogens (tertiary/aromatic N) is 6. The fraction of sp³-hybridized carbons (Fsp3) is 0.125. The van der Waals surface area contributed by atoms with Crippen LogP contribution in [0.25, 0.3) is 22.0 Å². The summed E-state index contributed by atoms with van der Waals surface area (Å²) in [4.78, 5) is 16.9. The van der Waals surface area contributed by atoms with Gasteiger partial charge in [-0.15, -0.1) is 0 Å². The van der Waals surface area contributed by atoms with Gasteiger partial charge in [0.15, 0.2) is 5.82 Å². The Balaban J connectivity index is 1.65.